The highest BCUT2D eigenvalue weighted by Gasteiger charge is 2.29. The average Bonchev–Trinajstić information content (AvgIpc) is 2.81. The highest BCUT2D eigenvalue weighted by molar-refractivity contribution is 9.10. The summed E-state index contributed by atoms with van der Waals surface area (Å²) in [5.41, 5.74) is 1.39. The Morgan fingerprint density at radius 3 is 2.95 bits per heavy atom. The molecule has 1 heterocycles. The van der Waals surface area contributed by atoms with Gasteiger partial charge in [0.1, 0.15) is 0 Å². The van der Waals surface area contributed by atoms with Crippen LogP contribution in [0.5, 0.6) is 0 Å². The molecule has 106 valence electrons. The lowest BCUT2D eigenvalue weighted by atomic mass is 9.91. The monoisotopic (exact) mass is 325 g/mol. The van der Waals surface area contributed by atoms with Gasteiger partial charge in [0, 0.05) is 16.4 Å². The summed E-state index contributed by atoms with van der Waals surface area (Å²) < 4.78 is 6.90. The molecule has 1 N–H and O–H groups in total. The van der Waals surface area contributed by atoms with Crippen LogP contribution in [0.15, 0.2) is 28.7 Å². The van der Waals surface area contributed by atoms with Crippen molar-refractivity contribution in [3.05, 3.63) is 34.3 Å². The van der Waals surface area contributed by atoms with Crippen LogP contribution < -0.4 is 5.32 Å². The molecule has 1 aliphatic heterocycles. The average molecular weight is 326 g/mol. The Balaban J connectivity index is 2.00. The van der Waals surface area contributed by atoms with Crippen LogP contribution in [0.4, 0.5) is 0 Å². The Hall–Kier alpha value is -0.380. The summed E-state index contributed by atoms with van der Waals surface area (Å²) in [4.78, 5) is 0. The molecular formula is C16H24BrNO. The van der Waals surface area contributed by atoms with Gasteiger partial charge in [-0.3, -0.25) is 0 Å². The lowest BCUT2D eigenvalue weighted by Gasteiger charge is -2.24. The van der Waals surface area contributed by atoms with E-state index < -0.39 is 0 Å². The molecule has 3 unspecified atom stereocenters. The maximum absolute atomic E-state index is 5.74. The Bertz CT molecular complexity index is 396. The van der Waals surface area contributed by atoms with E-state index in [4.69, 9.17) is 4.74 Å². The van der Waals surface area contributed by atoms with Crippen LogP contribution in [0.25, 0.3) is 0 Å². The number of benzene rings is 1. The number of halogens is 1. The van der Waals surface area contributed by atoms with Gasteiger partial charge < -0.3 is 10.1 Å². The third-order valence-electron chi connectivity index (χ3n) is 3.80. The van der Waals surface area contributed by atoms with E-state index in [1.807, 2.05) is 0 Å². The predicted molar refractivity (Wildman–Crippen MR) is 83.4 cm³/mol. The second kappa shape index (κ2) is 7.41. The molecule has 0 amide bonds. The topological polar surface area (TPSA) is 21.3 Å². The van der Waals surface area contributed by atoms with Crippen molar-refractivity contribution < 1.29 is 4.74 Å². The molecular weight excluding hydrogens is 302 g/mol. The van der Waals surface area contributed by atoms with E-state index in [9.17, 15) is 0 Å². The van der Waals surface area contributed by atoms with Gasteiger partial charge in [0.25, 0.3) is 0 Å². The largest absolute Gasteiger partial charge is 0.378 e. The second-order valence-corrected chi connectivity index (χ2v) is 6.45. The van der Waals surface area contributed by atoms with Crippen LogP contribution in [-0.4, -0.2) is 25.3 Å². The molecule has 0 aliphatic carbocycles. The SMILES string of the molecule is CCCNC(Cc1cccc(Br)c1)C1COC(C)C1. The van der Waals surface area contributed by atoms with Gasteiger partial charge in [0.2, 0.25) is 0 Å². The normalized spacial score (nSPS) is 24.6. The van der Waals surface area contributed by atoms with Gasteiger partial charge in [0.05, 0.1) is 12.7 Å². The molecule has 2 rings (SSSR count). The van der Waals surface area contributed by atoms with E-state index in [1.165, 1.54) is 18.4 Å². The molecule has 0 aromatic heterocycles. The van der Waals surface area contributed by atoms with Crippen molar-refractivity contribution in [1.82, 2.24) is 5.32 Å². The molecule has 0 saturated carbocycles. The minimum atomic E-state index is 0.415. The van der Waals surface area contributed by atoms with Crippen molar-refractivity contribution in [1.29, 1.82) is 0 Å². The fraction of sp³-hybridized carbons (Fsp3) is 0.625. The summed E-state index contributed by atoms with van der Waals surface area (Å²) in [7, 11) is 0. The van der Waals surface area contributed by atoms with E-state index in [0.717, 1.165) is 24.0 Å². The Morgan fingerprint density at radius 2 is 2.32 bits per heavy atom. The van der Waals surface area contributed by atoms with Gasteiger partial charge in [0.15, 0.2) is 0 Å². The molecule has 1 fully saturated rings. The third kappa shape index (κ3) is 4.59. The standard InChI is InChI=1S/C16H24BrNO/c1-3-7-18-16(14-8-12(2)19-11-14)10-13-5-4-6-15(17)9-13/h4-6,9,12,14,16,18H,3,7-8,10-11H2,1-2H3. The zero-order valence-electron chi connectivity index (χ0n) is 11.9. The minimum absolute atomic E-state index is 0.415. The summed E-state index contributed by atoms with van der Waals surface area (Å²) in [5.74, 6) is 0.639. The summed E-state index contributed by atoms with van der Waals surface area (Å²) in [6.07, 6.45) is 3.85. The highest BCUT2D eigenvalue weighted by Crippen LogP contribution is 2.25. The first-order valence-corrected chi connectivity index (χ1v) is 8.07. The molecule has 1 saturated heterocycles. The molecule has 1 aromatic rings. The van der Waals surface area contributed by atoms with Crippen molar-refractivity contribution in [3.8, 4) is 0 Å². The molecule has 3 atom stereocenters. The molecule has 0 bridgehead atoms. The van der Waals surface area contributed by atoms with Crippen molar-refractivity contribution in [2.75, 3.05) is 13.2 Å². The summed E-state index contributed by atoms with van der Waals surface area (Å²) in [6.45, 7) is 6.38. The first kappa shape index (κ1) is 15.0. The van der Waals surface area contributed by atoms with Gasteiger partial charge in [-0.1, -0.05) is 35.0 Å². The summed E-state index contributed by atoms with van der Waals surface area (Å²) in [5, 5.41) is 3.70. The first-order valence-electron chi connectivity index (χ1n) is 7.28. The number of hydrogen-bond acceptors (Lipinski definition) is 2. The zero-order valence-corrected chi connectivity index (χ0v) is 13.4. The van der Waals surface area contributed by atoms with Gasteiger partial charge in [-0.25, -0.2) is 0 Å². The molecule has 2 nitrogen and oxygen atoms in total. The smallest absolute Gasteiger partial charge is 0.0551 e. The van der Waals surface area contributed by atoms with E-state index in [1.54, 1.807) is 0 Å². The minimum Gasteiger partial charge on any atom is -0.378 e. The van der Waals surface area contributed by atoms with Crippen molar-refractivity contribution in [3.63, 3.8) is 0 Å². The molecule has 1 aliphatic rings. The van der Waals surface area contributed by atoms with E-state index in [-0.39, 0.29) is 0 Å². The van der Waals surface area contributed by atoms with Gasteiger partial charge in [-0.05, 0) is 50.4 Å². The van der Waals surface area contributed by atoms with Crippen molar-refractivity contribution >= 4 is 15.9 Å². The molecule has 0 spiro atoms. The van der Waals surface area contributed by atoms with E-state index >= 15 is 0 Å². The number of hydrogen-bond donors (Lipinski definition) is 1. The van der Waals surface area contributed by atoms with E-state index in [2.05, 4.69) is 59.4 Å². The Labute approximate surface area is 125 Å². The van der Waals surface area contributed by atoms with Crippen molar-refractivity contribution in [2.45, 2.75) is 45.3 Å². The van der Waals surface area contributed by atoms with E-state index in [0.29, 0.717) is 18.1 Å². The highest BCUT2D eigenvalue weighted by atomic mass is 79.9. The van der Waals surface area contributed by atoms with Crippen LogP contribution in [0, 0.1) is 5.92 Å². The number of ether oxygens (including phenoxy) is 1. The quantitative estimate of drug-likeness (QED) is 0.859. The van der Waals surface area contributed by atoms with Gasteiger partial charge >= 0.3 is 0 Å². The van der Waals surface area contributed by atoms with Crippen LogP contribution in [-0.2, 0) is 11.2 Å². The molecule has 19 heavy (non-hydrogen) atoms. The third-order valence-corrected chi connectivity index (χ3v) is 4.29. The lowest BCUT2D eigenvalue weighted by molar-refractivity contribution is 0.117. The fourth-order valence-corrected chi connectivity index (χ4v) is 3.23. The predicted octanol–water partition coefficient (Wildman–Crippen LogP) is 3.78. The maximum atomic E-state index is 5.74. The first-order chi connectivity index (χ1) is 9.19. The second-order valence-electron chi connectivity index (χ2n) is 5.53. The van der Waals surface area contributed by atoms with Crippen molar-refractivity contribution in [2.24, 2.45) is 5.92 Å². The van der Waals surface area contributed by atoms with Crippen LogP contribution in [0.2, 0.25) is 0 Å². The maximum Gasteiger partial charge on any atom is 0.0551 e. The fourth-order valence-electron chi connectivity index (χ4n) is 2.78. The zero-order chi connectivity index (χ0) is 13.7. The van der Waals surface area contributed by atoms with Gasteiger partial charge in [-0.15, -0.1) is 0 Å². The molecule has 0 radical (unpaired) electrons. The van der Waals surface area contributed by atoms with Crippen LogP contribution in [0.1, 0.15) is 32.3 Å². The van der Waals surface area contributed by atoms with Gasteiger partial charge in [-0.2, -0.15) is 0 Å². The number of nitrogens with one attached hydrogen (secondary N) is 1. The lowest BCUT2D eigenvalue weighted by Crippen LogP contribution is -2.39. The molecule has 1 aromatic carbocycles. The molecule has 3 heteroatoms. The summed E-state index contributed by atoms with van der Waals surface area (Å²) in [6, 6.07) is 9.16. The van der Waals surface area contributed by atoms with Crippen LogP contribution in [0.3, 0.4) is 0 Å². The Morgan fingerprint density at radius 1 is 1.47 bits per heavy atom. The summed E-state index contributed by atoms with van der Waals surface area (Å²) >= 11 is 3.55. The number of rotatable bonds is 6. The van der Waals surface area contributed by atoms with Crippen LogP contribution >= 0.6 is 15.9 Å². The Kier molecular flexibility index (Phi) is 5.86.